The van der Waals surface area contributed by atoms with Crippen LogP contribution in [0.15, 0.2) is 72.9 Å². The molecule has 0 bridgehead atoms. The summed E-state index contributed by atoms with van der Waals surface area (Å²) in [7, 11) is 0. The summed E-state index contributed by atoms with van der Waals surface area (Å²) in [5, 5.41) is 5.57. The summed E-state index contributed by atoms with van der Waals surface area (Å²) >= 11 is 0. The summed E-state index contributed by atoms with van der Waals surface area (Å²) in [5.41, 5.74) is 1.65. The molecule has 7 heteroatoms. The Morgan fingerprint density at radius 2 is 1.63 bits per heavy atom. The van der Waals surface area contributed by atoms with E-state index in [1.807, 2.05) is 31.2 Å². The van der Waals surface area contributed by atoms with Gasteiger partial charge in [0.1, 0.15) is 11.5 Å². The summed E-state index contributed by atoms with van der Waals surface area (Å²) in [4.78, 5) is 29.1. The number of nitrogens with one attached hydrogen (secondary N) is 2. The molecule has 0 radical (unpaired) electrons. The van der Waals surface area contributed by atoms with Crippen molar-refractivity contribution in [2.75, 3.05) is 18.5 Å². The number of rotatable bonds is 9. The second-order valence-corrected chi connectivity index (χ2v) is 6.27. The molecule has 0 spiro atoms. The normalized spacial score (nSPS) is 10.2. The van der Waals surface area contributed by atoms with Crippen LogP contribution in [0.5, 0.6) is 11.5 Å². The van der Waals surface area contributed by atoms with E-state index < -0.39 is 0 Å². The van der Waals surface area contributed by atoms with Gasteiger partial charge in [0.15, 0.2) is 6.61 Å². The number of carbonyl (C=O) groups excluding carboxylic acids is 2. The quantitative estimate of drug-likeness (QED) is 0.569. The van der Waals surface area contributed by atoms with E-state index in [-0.39, 0.29) is 18.4 Å². The van der Waals surface area contributed by atoms with E-state index in [4.69, 9.17) is 9.47 Å². The van der Waals surface area contributed by atoms with Crippen molar-refractivity contribution in [1.82, 2.24) is 10.3 Å². The summed E-state index contributed by atoms with van der Waals surface area (Å²) in [6, 6.07) is 19.4. The molecule has 1 heterocycles. The van der Waals surface area contributed by atoms with Crippen LogP contribution in [-0.2, 0) is 11.3 Å². The zero-order chi connectivity index (χ0) is 21.2. The van der Waals surface area contributed by atoms with Gasteiger partial charge in [0.05, 0.1) is 30.1 Å². The zero-order valence-corrected chi connectivity index (χ0v) is 16.6. The largest absolute Gasteiger partial charge is 0.492 e. The third kappa shape index (κ3) is 5.81. The number of amides is 2. The average molecular weight is 405 g/mol. The van der Waals surface area contributed by atoms with Gasteiger partial charge in [-0.1, -0.05) is 30.3 Å². The van der Waals surface area contributed by atoms with Gasteiger partial charge in [-0.05, 0) is 43.3 Å². The van der Waals surface area contributed by atoms with Crippen molar-refractivity contribution in [3.8, 4) is 11.5 Å². The third-order valence-electron chi connectivity index (χ3n) is 4.11. The summed E-state index contributed by atoms with van der Waals surface area (Å²) in [6.45, 7) is 2.41. The smallest absolute Gasteiger partial charge is 0.262 e. The molecule has 0 fully saturated rings. The number of hydrogen-bond acceptors (Lipinski definition) is 5. The summed E-state index contributed by atoms with van der Waals surface area (Å²) in [6.07, 6.45) is 1.67. The lowest BCUT2D eigenvalue weighted by Gasteiger charge is -2.13. The molecule has 3 rings (SSSR count). The maximum Gasteiger partial charge on any atom is 0.262 e. The standard InChI is InChI=1S/C23H23N3O4/c1-2-29-21-13-6-4-11-19(21)26-22(27)16-30-20-12-5-3-10-18(20)23(28)25-15-17-9-7-8-14-24-17/h3-14H,2,15-16H2,1H3,(H,25,28)(H,26,27). The average Bonchev–Trinajstić information content (AvgIpc) is 2.78. The zero-order valence-electron chi connectivity index (χ0n) is 16.6. The molecule has 2 aromatic carbocycles. The molecule has 0 saturated heterocycles. The fraction of sp³-hybridized carbons (Fsp3) is 0.174. The lowest BCUT2D eigenvalue weighted by atomic mass is 10.2. The van der Waals surface area contributed by atoms with Crippen LogP contribution in [0.25, 0.3) is 0 Å². The fourth-order valence-corrected chi connectivity index (χ4v) is 2.73. The van der Waals surface area contributed by atoms with Gasteiger partial charge in [0.25, 0.3) is 11.8 Å². The number of hydrogen-bond donors (Lipinski definition) is 2. The van der Waals surface area contributed by atoms with Crippen molar-refractivity contribution in [2.24, 2.45) is 0 Å². The van der Waals surface area contributed by atoms with Crippen molar-refractivity contribution in [1.29, 1.82) is 0 Å². The highest BCUT2D eigenvalue weighted by atomic mass is 16.5. The SMILES string of the molecule is CCOc1ccccc1NC(=O)COc1ccccc1C(=O)NCc1ccccn1. The van der Waals surface area contributed by atoms with E-state index in [9.17, 15) is 9.59 Å². The molecule has 1 aromatic heterocycles. The number of ether oxygens (including phenoxy) is 2. The monoisotopic (exact) mass is 405 g/mol. The molecule has 2 amide bonds. The minimum absolute atomic E-state index is 0.245. The third-order valence-corrected chi connectivity index (χ3v) is 4.11. The highest BCUT2D eigenvalue weighted by Gasteiger charge is 2.14. The number of aromatic nitrogens is 1. The number of nitrogens with zero attached hydrogens (tertiary/aromatic N) is 1. The molecule has 0 saturated carbocycles. The second-order valence-electron chi connectivity index (χ2n) is 6.27. The fourth-order valence-electron chi connectivity index (χ4n) is 2.73. The van der Waals surface area contributed by atoms with Crippen LogP contribution in [-0.4, -0.2) is 30.0 Å². The maximum atomic E-state index is 12.6. The minimum Gasteiger partial charge on any atom is -0.492 e. The highest BCUT2D eigenvalue weighted by Crippen LogP contribution is 2.24. The van der Waals surface area contributed by atoms with Crippen molar-refractivity contribution in [2.45, 2.75) is 13.5 Å². The molecule has 0 aliphatic rings. The molecular weight excluding hydrogens is 382 g/mol. The van der Waals surface area contributed by atoms with E-state index in [1.54, 1.807) is 48.7 Å². The number of benzene rings is 2. The topological polar surface area (TPSA) is 89.5 Å². The van der Waals surface area contributed by atoms with Crippen molar-refractivity contribution < 1.29 is 19.1 Å². The Bertz CT molecular complexity index is 993. The van der Waals surface area contributed by atoms with Gasteiger partial charge in [-0.25, -0.2) is 0 Å². The van der Waals surface area contributed by atoms with Gasteiger partial charge in [0.2, 0.25) is 0 Å². The summed E-state index contributed by atoms with van der Waals surface area (Å²) < 4.78 is 11.1. The molecule has 0 atom stereocenters. The maximum absolute atomic E-state index is 12.6. The van der Waals surface area contributed by atoms with Crippen molar-refractivity contribution >= 4 is 17.5 Å². The number of para-hydroxylation sites is 3. The minimum atomic E-state index is -0.356. The van der Waals surface area contributed by atoms with E-state index in [0.29, 0.717) is 35.9 Å². The predicted octanol–water partition coefficient (Wildman–Crippen LogP) is 3.43. The first-order valence-corrected chi connectivity index (χ1v) is 9.59. The van der Waals surface area contributed by atoms with Gasteiger partial charge in [-0.2, -0.15) is 0 Å². The molecule has 0 aliphatic heterocycles. The van der Waals surface area contributed by atoms with E-state index in [1.165, 1.54) is 0 Å². The Labute approximate surface area is 175 Å². The first kappa shape index (κ1) is 20.9. The van der Waals surface area contributed by atoms with E-state index in [2.05, 4.69) is 15.6 Å². The van der Waals surface area contributed by atoms with Gasteiger partial charge in [-0.15, -0.1) is 0 Å². The Morgan fingerprint density at radius 1 is 0.900 bits per heavy atom. The second kappa shape index (κ2) is 10.6. The van der Waals surface area contributed by atoms with Gasteiger partial charge in [-0.3, -0.25) is 14.6 Å². The van der Waals surface area contributed by atoms with Crippen LogP contribution < -0.4 is 20.1 Å². The van der Waals surface area contributed by atoms with Crippen LogP contribution in [0.4, 0.5) is 5.69 Å². The number of pyridine rings is 1. The first-order valence-electron chi connectivity index (χ1n) is 9.59. The Balaban J connectivity index is 1.59. The van der Waals surface area contributed by atoms with Gasteiger partial charge < -0.3 is 20.1 Å². The number of carbonyl (C=O) groups is 2. The first-order chi connectivity index (χ1) is 14.7. The molecule has 3 aromatic rings. The molecule has 2 N–H and O–H groups in total. The van der Waals surface area contributed by atoms with Crippen LogP contribution in [0.2, 0.25) is 0 Å². The van der Waals surface area contributed by atoms with Crippen molar-refractivity contribution in [3.05, 3.63) is 84.2 Å². The Kier molecular flexibility index (Phi) is 7.38. The van der Waals surface area contributed by atoms with Gasteiger partial charge in [0, 0.05) is 6.20 Å². The molecular formula is C23H23N3O4. The van der Waals surface area contributed by atoms with Crippen LogP contribution >= 0.6 is 0 Å². The van der Waals surface area contributed by atoms with Crippen LogP contribution in [0, 0.1) is 0 Å². The highest BCUT2D eigenvalue weighted by molar-refractivity contribution is 5.97. The lowest BCUT2D eigenvalue weighted by Crippen LogP contribution is -2.25. The van der Waals surface area contributed by atoms with E-state index >= 15 is 0 Å². The molecule has 0 aliphatic carbocycles. The molecule has 154 valence electrons. The van der Waals surface area contributed by atoms with Gasteiger partial charge >= 0.3 is 0 Å². The lowest BCUT2D eigenvalue weighted by molar-refractivity contribution is -0.118. The molecule has 0 unspecified atom stereocenters. The predicted molar refractivity (Wildman–Crippen MR) is 114 cm³/mol. The Hall–Kier alpha value is -3.87. The van der Waals surface area contributed by atoms with E-state index in [0.717, 1.165) is 5.69 Å². The molecule has 7 nitrogen and oxygen atoms in total. The van der Waals surface area contributed by atoms with Crippen molar-refractivity contribution in [3.63, 3.8) is 0 Å². The van der Waals surface area contributed by atoms with Crippen LogP contribution in [0.1, 0.15) is 23.0 Å². The van der Waals surface area contributed by atoms with Crippen LogP contribution in [0.3, 0.4) is 0 Å². The molecule has 30 heavy (non-hydrogen) atoms. The Morgan fingerprint density at radius 3 is 2.40 bits per heavy atom. The number of anilines is 1. The summed E-state index contributed by atoms with van der Waals surface area (Å²) in [5.74, 6) is 0.246.